The smallest absolute Gasteiger partial charge is 0.243 e. The van der Waals surface area contributed by atoms with Crippen LogP contribution in [0.15, 0.2) is 29.2 Å². The van der Waals surface area contributed by atoms with Gasteiger partial charge in [0.25, 0.3) is 0 Å². The van der Waals surface area contributed by atoms with Crippen LogP contribution in [-0.2, 0) is 16.6 Å². The molecule has 5 heteroatoms. The van der Waals surface area contributed by atoms with Crippen molar-refractivity contribution in [2.45, 2.75) is 37.6 Å². The number of nitrogens with zero attached hydrogens (tertiary/aromatic N) is 1. The number of hydrogen-bond acceptors (Lipinski definition) is 3. The van der Waals surface area contributed by atoms with Crippen molar-refractivity contribution in [2.24, 2.45) is 5.73 Å². The second kappa shape index (κ2) is 6.87. The molecule has 1 aromatic carbocycles. The summed E-state index contributed by atoms with van der Waals surface area (Å²) in [5.74, 6) is 0. The van der Waals surface area contributed by atoms with Crippen LogP contribution >= 0.6 is 0 Å². The summed E-state index contributed by atoms with van der Waals surface area (Å²) >= 11 is 0. The van der Waals surface area contributed by atoms with Crippen molar-refractivity contribution < 1.29 is 8.42 Å². The summed E-state index contributed by atoms with van der Waals surface area (Å²) in [6.45, 7) is 2.88. The molecule has 0 aliphatic heterocycles. The van der Waals surface area contributed by atoms with Gasteiger partial charge in [0.1, 0.15) is 0 Å². The molecular weight excluding hydrogens is 248 g/mol. The van der Waals surface area contributed by atoms with Crippen LogP contribution in [0.5, 0.6) is 0 Å². The van der Waals surface area contributed by atoms with Crippen molar-refractivity contribution in [3.63, 3.8) is 0 Å². The molecular formula is C13H22N2O2S. The van der Waals surface area contributed by atoms with Gasteiger partial charge in [0.2, 0.25) is 10.0 Å². The van der Waals surface area contributed by atoms with E-state index in [2.05, 4.69) is 6.92 Å². The predicted octanol–water partition coefficient (Wildman–Crippen LogP) is 1.96. The van der Waals surface area contributed by atoms with Crippen LogP contribution in [-0.4, -0.2) is 26.3 Å². The third-order valence-electron chi connectivity index (χ3n) is 2.96. The second-order valence-corrected chi connectivity index (χ2v) is 6.36. The summed E-state index contributed by atoms with van der Waals surface area (Å²) in [5.41, 5.74) is 6.25. The zero-order chi connectivity index (χ0) is 13.6. The first kappa shape index (κ1) is 15.1. The average Bonchev–Trinajstić information content (AvgIpc) is 2.38. The highest BCUT2D eigenvalue weighted by molar-refractivity contribution is 7.89. The monoisotopic (exact) mass is 270 g/mol. The third-order valence-corrected chi connectivity index (χ3v) is 4.91. The Morgan fingerprint density at radius 1 is 1.22 bits per heavy atom. The summed E-state index contributed by atoms with van der Waals surface area (Å²) in [4.78, 5) is 0.325. The van der Waals surface area contributed by atoms with Crippen molar-refractivity contribution >= 4 is 10.0 Å². The number of hydrogen-bond donors (Lipinski definition) is 1. The summed E-state index contributed by atoms with van der Waals surface area (Å²) in [6.07, 6.45) is 3.00. The number of rotatable bonds is 7. The molecule has 0 amide bonds. The normalized spacial score (nSPS) is 12.0. The molecule has 4 nitrogen and oxygen atoms in total. The lowest BCUT2D eigenvalue weighted by Gasteiger charge is -2.18. The van der Waals surface area contributed by atoms with Crippen molar-refractivity contribution in [3.8, 4) is 0 Å². The highest BCUT2D eigenvalue weighted by Gasteiger charge is 2.22. The van der Waals surface area contributed by atoms with Crippen LogP contribution in [0.25, 0.3) is 0 Å². The van der Waals surface area contributed by atoms with Crippen LogP contribution in [0.2, 0.25) is 0 Å². The van der Waals surface area contributed by atoms with E-state index >= 15 is 0 Å². The maximum absolute atomic E-state index is 12.4. The number of sulfonamides is 1. The Bertz CT molecular complexity index is 472. The average molecular weight is 270 g/mol. The molecule has 0 unspecified atom stereocenters. The summed E-state index contributed by atoms with van der Waals surface area (Å²) in [7, 11) is -1.79. The van der Waals surface area contributed by atoms with Crippen molar-refractivity contribution in [2.75, 3.05) is 13.6 Å². The fraction of sp³-hybridized carbons (Fsp3) is 0.538. The fourth-order valence-corrected chi connectivity index (χ4v) is 3.24. The molecule has 18 heavy (non-hydrogen) atoms. The van der Waals surface area contributed by atoms with E-state index in [1.54, 1.807) is 31.3 Å². The molecule has 0 bridgehead atoms. The van der Waals surface area contributed by atoms with Crippen LogP contribution in [0.3, 0.4) is 0 Å². The van der Waals surface area contributed by atoms with Gasteiger partial charge in [0.05, 0.1) is 4.90 Å². The van der Waals surface area contributed by atoms with Gasteiger partial charge in [-0.3, -0.25) is 0 Å². The van der Waals surface area contributed by atoms with Gasteiger partial charge in [-0.25, -0.2) is 12.7 Å². The van der Waals surface area contributed by atoms with Gasteiger partial charge in [-0.2, -0.15) is 0 Å². The molecule has 0 spiro atoms. The highest BCUT2D eigenvalue weighted by atomic mass is 32.2. The van der Waals surface area contributed by atoms with E-state index in [9.17, 15) is 8.42 Å². The van der Waals surface area contributed by atoms with Crippen LogP contribution < -0.4 is 5.73 Å². The first-order valence-corrected chi connectivity index (χ1v) is 7.72. The zero-order valence-electron chi connectivity index (χ0n) is 11.1. The van der Waals surface area contributed by atoms with E-state index in [4.69, 9.17) is 5.73 Å². The lowest BCUT2D eigenvalue weighted by atomic mass is 10.2. The molecule has 2 N–H and O–H groups in total. The molecule has 1 rings (SSSR count). The molecule has 0 saturated heterocycles. The quantitative estimate of drug-likeness (QED) is 0.770. The minimum absolute atomic E-state index is 0.234. The first-order valence-electron chi connectivity index (χ1n) is 6.28. The SMILES string of the molecule is CCCCCN(C)S(=O)(=O)c1ccccc1CN. The van der Waals surface area contributed by atoms with Crippen LogP contribution in [0.1, 0.15) is 31.7 Å². The molecule has 0 aromatic heterocycles. The van der Waals surface area contributed by atoms with Crippen molar-refractivity contribution in [3.05, 3.63) is 29.8 Å². The lowest BCUT2D eigenvalue weighted by Crippen LogP contribution is -2.29. The Morgan fingerprint density at radius 2 is 1.89 bits per heavy atom. The predicted molar refractivity (Wildman–Crippen MR) is 73.7 cm³/mol. The molecule has 1 aromatic rings. The van der Waals surface area contributed by atoms with Gasteiger partial charge < -0.3 is 5.73 Å². The van der Waals surface area contributed by atoms with E-state index < -0.39 is 10.0 Å². The summed E-state index contributed by atoms with van der Waals surface area (Å²) in [5, 5.41) is 0. The van der Waals surface area contributed by atoms with Crippen molar-refractivity contribution in [1.82, 2.24) is 4.31 Å². The van der Waals surface area contributed by atoms with Crippen molar-refractivity contribution in [1.29, 1.82) is 0 Å². The molecule has 0 fully saturated rings. The Balaban J connectivity index is 2.91. The maximum Gasteiger partial charge on any atom is 0.243 e. The molecule has 0 aliphatic rings. The number of nitrogens with two attached hydrogens (primary N) is 1. The second-order valence-electron chi connectivity index (χ2n) is 4.35. The molecule has 0 radical (unpaired) electrons. The first-order chi connectivity index (χ1) is 8.54. The summed E-state index contributed by atoms with van der Waals surface area (Å²) < 4.78 is 26.2. The van der Waals surface area contributed by atoms with Gasteiger partial charge in [0.15, 0.2) is 0 Å². The topological polar surface area (TPSA) is 63.4 Å². The van der Waals surface area contributed by atoms with E-state index in [0.717, 1.165) is 19.3 Å². The minimum Gasteiger partial charge on any atom is -0.326 e. The third kappa shape index (κ3) is 3.54. The fourth-order valence-electron chi connectivity index (χ4n) is 1.80. The van der Waals surface area contributed by atoms with Gasteiger partial charge in [-0.05, 0) is 18.1 Å². The maximum atomic E-state index is 12.4. The van der Waals surface area contributed by atoms with E-state index in [1.165, 1.54) is 4.31 Å². The Hall–Kier alpha value is -0.910. The zero-order valence-corrected chi connectivity index (χ0v) is 11.9. The highest BCUT2D eigenvalue weighted by Crippen LogP contribution is 2.19. The number of benzene rings is 1. The van der Waals surface area contributed by atoms with Crippen LogP contribution in [0.4, 0.5) is 0 Å². The van der Waals surface area contributed by atoms with E-state index in [0.29, 0.717) is 17.0 Å². The van der Waals surface area contributed by atoms with E-state index in [1.807, 2.05) is 0 Å². The Morgan fingerprint density at radius 3 is 2.50 bits per heavy atom. The van der Waals surface area contributed by atoms with E-state index in [-0.39, 0.29) is 6.54 Å². The lowest BCUT2D eigenvalue weighted by molar-refractivity contribution is 0.453. The van der Waals surface area contributed by atoms with Gasteiger partial charge >= 0.3 is 0 Å². The molecule has 0 aliphatic carbocycles. The van der Waals surface area contributed by atoms with Gasteiger partial charge in [-0.15, -0.1) is 0 Å². The standard InChI is InChI=1S/C13H22N2O2S/c1-3-4-7-10-15(2)18(16,17)13-9-6-5-8-12(13)11-14/h5-6,8-9H,3-4,7,10-11,14H2,1-2H3. The Kier molecular flexibility index (Phi) is 5.78. The minimum atomic E-state index is -3.41. The largest absolute Gasteiger partial charge is 0.326 e. The van der Waals surface area contributed by atoms with Crippen LogP contribution in [0, 0.1) is 0 Å². The molecule has 0 atom stereocenters. The molecule has 0 heterocycles. The Labute approximate surface area is 110 Å². The van der Waals surface area contributed by atoms with Gasteiger partial charge in [-0.1, -0.05) is 38.0 Å². The number of unbranched alkanes of at least 4 members (excludes halogenated alkanes) is 2. The molecule has 102 valence electrons. The summed E-state index contributed by atoms with van der Waals surface area (Å²) in [6, 6.07) is 6.91. The molecule has 0 saturated carbocycles. The van der Waals surface area contributed by atoms with Gasteiger partial charge in [0, 0.05) is 20.1 Å².